The Morgan fingerprint density at radius 1 is 1.42 bits per heavy atom. The molecule has 0 aliphatic carbocycles. The molecule has 64 valence electrons. The molecule has 1 fully saturated rings. The smallest absolute Gasteiger partial charge is 0.136 e. The van der Waals surface area contributed by atoms with Crippen LogP contribution in [0.3, 0.4) is 0 Å². The van der Waals surface area contributed by atoms with Crippen molar-refractivity contribution in [3.63, 3.8) is 0 Å². The van der Waals surface area contributed by atoms with E-state index >= 15 is 0 Å². The van der Waals surface area contributed by atoms with E-state index in [2.05, 4.69) is 15.1 Å². The van der Waals surface area contributed by atoms with E-state index in [9.17, 15) is 4.79 Å². The first-order chi connectivity index (χ1) is 5.86. The third kappa shape index (κ3) is 1.32. The lowest BCUT2D eigenvalue weighted by Crippen LogP contribution is -2.33. The number of nitrogens with zero attached hydrogens (tertiary/aromatic N) is 2. The molecule has 0 radical (unpaired) electrons. The van der Waals surface area contributed by atoms with Crippen LogP contribution in [-0.2, 0) is 4.79 Å². The summed E-state index contributed by atoms with van der Waals surface area (Å²) in [5.41, 5.74) is 1.09. The zero-order valence-corrected chi connectivity index (χ0v) is 6.79. The zero-order valence-electron chi connectivity index (χ0n) is 6.79. The number of nitrogens with one attached hydrogen (secondary N) is 1. The van der Waals surface area contributed by atoms with Gasteiger partial charge in [-0.3, -0.25) is 9.89 Å². The van der Waals surface area contributed by atoms with Gasteiger partial charge in [-0.2, -0.15) is 5.10 Å². The van der Waals surface area contributed by atoms with Gasteiger partial charge in [0.1, 0.15) is 5.78 Å². The van der Waals surface area contributed by atoms with Crippen molar-refractivity contribution in [3.8, 4) is 0 Å². The van der Waals surface area contributed by atoms with Gasteiger partial charge >= 0.3 is 0 Å². The van der Waals surface area contributed by atoms with Crippen LogP contribution in [0, 0.1) is 0 Å². The number of hydrogen-bond donors (Lipinski definition) is 1. The minimum Gasteiger partial charge on any atom is -0.368 e. The number of ketones is 1. The maximum Gasteiger partial charge on any atom is 0.136 e. The first-order valence-corrected chi connectivity index (χ1v) is 4.12. The van der Waals surface area contributed by atoms with Crippen molar-refractivity contribution in [2.75, 3.05) is 18.0 Å². The van der Waals surface area contributed by atoms with Gasteiger partial charge in [-0.25, -0.2) is 0 Å². The summed E-state index contributed by atoms with van der Waals surface area (Å²) >= 11 is 0. The number of carbonyl (C=O) groups is 1. The quantitative estimate of drug-likeness (QED) is 0.662. The Labute approximate surface area is 70.6 Å². The fourth-order valence-corrected chi connectivity index (χ4v) is 1.43. The molecule has 1 aromatic heterocycles. The molecule has 1 aromatic rings. The van der Waals surface area contributed by atoms with Crippen LogP contribution in [0.2, 0.25) is 0 Å². The number of aromatic amines is 1. The van der Waals surface area contributed by atoms with Crippen molar-refractivity contribution in [1.82, 2.24) is 10.2 Å². The van der Waals surface area contributed by atoms with Gasteiger partial charge < -0.3 is 4.90 Å². The summed E-state index contributed by atoms with van der Waals surface area (Å²) in [5, 5.41) is 6.63. The van der Waals surface area contributed by atoms with E-state index in [1.165, 1.54) is 0 Å². The van der Waals surface area contributed by atoms with E-state index in [1.54, 1.807) is 6.20 Å². The van der Waals surface area contributed by atoms with Gasteiger partial charge in [0.15, 0.2) is 0 Å². The Bertz CT molecular complexity index is 258. The second-order valence-corrected chi connectivity index (χ2v) is 2.98. The molecule has 0 atom stereocenters. The SMILES string of the molecule is O=C1CCN(c2cn[nH]c2)CC1. The summed E-state index contributed by atoms with van der Waals surface area (Å²) in [6, 6.07) is 0. The molecule has 0 aromatic carbocycles. The molecular formula is C8H11N3O. The Balaban J connectivity index is 2.03. The normalized spacial score (nSPS) is 18.3. The summed E-state index contributed by atoms with van der Waals surface area (Å²) in [5.74, 6) is 0.370. The van der Waals surface area contributed by atoms with E-state index in [0.29, 0.717) is 18.6 Å². The molecule has 4 nitrogen and oxygen atoms in total. The van der Waals surface area contributed by atoms with Crippen molar-refractivity contribution in [1.29, 1.82) is 0 Å². The van der Waals surface area contributed by atoms with Crippen LogP contribution in [0.4, 0.5) is 5.69 Å². The van der Waals surface area contributed by atoms with Crippen LogP contribution in [0.1, 0.15) is 12.8 Å². The van der Waals surface area contributed by atoms with E-state index in [1.807, 2.05) is 6.20 Å². The standard InChI is InChI=1S/C8H11N3O/c12-8-1-3-11(4-2-8)7-5-9-10-6-7/h5-6H,1-4H2,(H,9,10). The average Bonchev–Trinajstić information content (AvgIpc) is 2.58. The molecule has 1 aliphatic heterocycles. The van der Waals surface area contributed by atoms with Gasteiger partial charge in [0.05, 0.1) is 11.9 Å². The molecular weight excluding hydrogens is 154 g/mol. The second kappa shape index (κ2) is 2.97. The predicted octanol–water partition coefficient (Wildman–Crippen LogP) is 0.579. The summed E-state index contributed by atoms with van der Waals surface area (Å²) in [6.07, 6.45) is 4.99. The lowest BCUT2D eigenvalue weighted by atomic mass is 10.1. The van der Waals surface area contributed by atoms with Gasteiger partial charge in [-0.05, 0) is 0 Å². The van der Waals surface area contributed by atoms with Crippen molar-refractivity contribution < 1.29 is 4.79 Å². The minimum absolute atomic E-state index is 0.370. The Morgan fingerprint density at radius 2 is 2.17 bits per heavy atom. The Hall–Kier alpha value is -1.32. The molecule has 2 rings (SSSR count). The molecule has 4 heteroatoms. The van der Waals surface area contributed by atoms with E-state index in [-0.39, 0.29) is 0 Å². The molecule has 0 amide bonds. The molecule has 0 spiro atoms. The number of rotatable bonds is 1. The maximum atomic E-state index is 10.9. The highest BCUT2D eigenvalue weighted by Gasteiger charge is 2.16. The monoisotopic (exact) mass is 165 g/mol. The number of Topliss-reactive ketones (excluding diaryl/α,β-unsaturated/α-hetero) is 1. The van der Waals surface area contributed by atoms with E-state index in [4.69, 9.17) is 0 Å². The molecule has 1 aliphatic rings. The first kappa shape index (κ1) is 7.34. The van der Waals surface area contributed by atoms with Crippen molar-refractivity contribution in [2.24, 2.45) is 0 Å². The first-order valence-electron chi connectivity index (χ1n) is 4.12. The van der Waals surface area contributed by atoms with Gasteiger partial charge in [-0.15, -0.1) is 0 Å². The van der Waals surface area contributed by atoms with Gasteiger partial charge in [-0.1, -0.05) is 0 Å². The summed E-state index contributed by atoms with van der Waals surface area (Å²) in [7, 11) is 0. The van der Waals surface area contributed by atoms with Crippen LogP contribution >= 0.6 is 0 Å². The van der Waals surface area contributed by atoms with Crippen molar-refractivity contribution in [2.45, 2.75) is 12.8 Å². The highest BCUT2D eigenvalue weighted by Crippen LogP contribution is 2.15. The second-order valence-electron chi connectivity index (χ2n) is 2.98. The topological polar surface area (TPSA) is 49.0 Å². The summed E-state index contributed by atoms with van der Waals surface area (Å²) in [4.78, 5) is 13.1. The van der Waals surface area contributed by atoms with Crippen molar-refractivity contribution in [3.05, 3.63) is 12.4 Å². The average molecular weight is 165 g/mol. The van der Waals surface area contributed by atoms with Crippen LogP contribution < -0.4 is 4.90 Å². The number of anilines is 1. The van der Waals surface area contributed by atoms with E-state index in [0.717, 1.165) is 18.8 Å². The van der Waals surface area contributed by atoms with Crippen molar-refractivity contribution >= 4 is 11.5 Å². The lowest BCUT2D eigenvalue weighted by Gasteiger charge is -2.26. The van der Waals surface area contributed by atoms with Gasteiger partial charge in [0.25, 0.3) is 0 Å². The minimum atomic E-state index is 0.370. The van der Waals surface area contributed by atoms with Gasteiger partial charge in [0.2, 0.25) is 0 Å². The highest BCUT2D eigenvalue weighted by atomic mass is 16.1. The molecule has 0 saturated carbocycles. The summed E-state index contributed by atoms with van der Waals surface area (Å²) < 4.78 is 0. The number of aromatic nitrogens is 2. The number of hydrogen-bond acceptors (Lipinski definition) is 3. The summed E-state index contributed by atoms with van der Waals surface area (Å²) in [6.45, 7) is 1.66. The molecule has 1 N–H and O–H groups in total. The molecule has 1 saturated heterocycles. The number of H-pyrrole nitrogens is 1. The lowest BCUT2D eigenvalue weighted by molar-refractivity contribution is -0.119. The number of carbonyl (C=O) groups excluding carboxylic acids is 1. The van der Waals surface area contributed by atoms with E-state index < -0.39 is 0 Å². The fourth-order valence-electron chi connectivity index (χ4n) is 1.43. The third-order valence-corrected chi connectivity index (χ3v) is 2.17. The zero-order chi connectivity index (χ0) is 8.39. The van der Waals surface area contributed by atoms with Gasteiger partial charge in [0, 0.05) is 32.1 Å². The Morgan fingerprint density at radius 3 is 2.75 bits per heavy atom. The maximum absolute atomic E-state index is 10.9. The largest absolute Gasteiger partial charge is 0.368 e. The molecule has 2 heterocycles. The Kier molecular flexibility index (Phi) is 1.81. The van der Waals surface area contributed by atoms with Crippen LogP contribution in [-0.4, -0.2) is 29.1 Å². The number of piperidine rings is 1. The molecule has 12 heavy (non-hydrogen) atoms. The fraction of sp³-hybridized carbons (Fsp3) is 0.500. The highest BCUT2D eigenvalue weighted by molar-refractivity contribution is 5.80. The van der Waals surface area contributed by atoms with Crippen LogP contribution in [0.15, 0.2) is 12.4 Å². The van der Waals surface area contributed by atoms with Crippen LogP contribution in [0.25, 0.3) is 0 Å². The predicted molar refractivity (Wildman–Crippen MR) is 45.0 cm³/mol. The molecule has 0 unspecified atom stereocenters. The van der Waals surface area contributed by atoms with Crippen LogP contribution in [0.5, 0.6) is 0 Å². The molecule has 0 bridgehead atoms. The third-order valence-electron chi connectivity index (χ3n) is 2.17.